The van der Waals surface area contributed by atoms with Crippen LogP contribution in [-0.4, -0.2) is 38.0 Å². The molecule has 0 saturated carbocycles. The van der Waals surface area contributed by atoms with Crippen molar-refractivity contribution in [2.24, 2.45) is 4.99 Å². The number of aliphatic imine (C=N–C) groups is 1. The van der Waals surface area contributed by atoms with Crippen LogP contribution in [0, 0.1) is 0 Å². The largest absolute Gasteiger partial charge is 0.377 e. The van der Waals surface area contributed by atoms with Gasteiger partial charge in [-0.2, -0.15) is 0 Å². The number of ether oxygens (including phenoxy) is 1. The Morgan fingerprint density at radius 3 is 2.36 bits per heavy atom. The van der Waals surface area contributed by atoms with Crippen LogP contribution in [0.15, 0.2) is 34.2 Å². The Kier molecular flexibility index (Phi) is 10.9. The lowest BCUT2D eigenvalue weighted by Gasteiger charge is -2.24. The lowest BCUT2D eigenvalue weighted by molar-refractivity contribution is 0.0268. The summed E-state index contributed by atoms with van der Waals surface area (Å²) < 4.78 is 5.41. The number of nitrogens with one attached hydrogen (secondary N) is 2. The highest BCUT2D eigenvalue weighted by Crippen LogP contribution is 2.15. The van der Waals surface area contributed by atoms with Gasteiger partial charge in [0.2, 0.25) is 0 Å². The third-order valence-corrected chi connectivity index (χ3v) is 3.90. The number of rotatable bonds is 7. The third kappa shape index (κ3) is 8.24. The molecule has 126 valence electrons. The molecule has 0 unspecified atom stereocenters. The van der Waals surface area contributed by atoms with Crippen LogP contribution >= 0.6 is 35.7 Å². The van der Waals surface area contributed by atoms with E-state index in [-0.39, 0.29) is 29.6 Å². The van der Waals surface area contributed by atoms with Crippen molar-refractivity contribution in [2.45, 2.75) is 37.8 Å². The van der Waals surface area contributed by atoms with Crippen LogP contribution in [0.2, 0.25) is 0 Å². The number of methoxy groups -OCH3 is 1. The molecule has 4 nitrogen and oxygen atoms in total. The van der Waals surface area contributed by atoms with E-state index in [0.717, 1.165) is 12.5 Å². The van der Waals surface area contributed by atoms with Crippen LogP contribution in [0.3, 0.4) is 0 Å². The Bertz CT molecular complexity index is 449. The topological polar surface area (TPSA) is 45.7 Å². The molecule has 22 heavy (non-hydrogen) atoms. The monoisotopic (exact) mass is 437 g/mol. The first-order chi connectivity index (χ1) is 10.0. The molecule has 2 N–H and O–H groups in total. The van der Waals surface area contributed by atoms with Gasteiger partial charge in [-0.1, -0.05) is 12.1 Å². The summed E-state index contributed by atoms with van der Waals surface area (Å²) in [5.74, 6) is 0.816. The first kappa shape index (κ1) is 21.5. The highest BCUT2D eigenvalue weighted by molar-refractivity contribution is 14.0. The molecule has 0 atom stereocenters. The second-order valence-electron chi connectivity index (χ2n) is 5.36. The minimum atomic E-state index is -0.212. The number of nitrogens with zero attached hydrogens (tertiary/aromatic N) is 1. The second-order valence-corrected chi connectivity index (χ2v) is 6.24. The fraction of sp³-hybridized carbons (Fsp3) is 0.562. The van der Waals surface area contributed by atoms with Crippen molar-refractivity contribution >= 4 is 41.7 Å². The third-order valence-electron chi connectivity index (χ3n) is 3.16. The maximum atomic E-state index is 5.41. The van der Waals surface area contributed by atoms with Crippen molar-refractivity contribution in [2.75, 3.05) is 26.5 Å². The molecule has 0 aromatic heterocycles. The fourth-order valence-corrected chi connectivity index (χ4v) is 2.02. The molecule has 6 heteroatoms. The van der Waals surface area contributed by atoms with Gasteiger partial charge in [0.15, 0.2) is 5.96 Å². The molecule has 1 aromatic carbocycles. The second kappa shape index (κ2) is 11.1. The zero-order valence-electron chi connectivity index (χ0n) is 14.1. The van der Waals surface area contributed by atoms with E-state index in [1.54, 1.807) is 18.9 Å². The summed E-state index contributed by atoms with van der Waals surface area (Å²) in [4.78, 5) is 5.88. The number of hydrogen-bond donors (Lipinski definition) is 2. The molecular weight excluding hydrogens is 409 g/mol. The van der Waals surface area contributed by atoms with Crippen molar-refractivity contribution in [3.05, 3.63) is 29.8 Å². The summed E-state index contributed by atoms with van der Waals surface area (Å²) in [5.41, 5.74) is 0.993. The fourth-order valence-electron chi connectivity index (χ4n) is 1.61. The van der Waals surface area contributed by atoms with E-state index in [9.17, 15) is 0 Å². The standard InChI is InChI=1S/C16H27N3OS.HI/c1-6-17-15(19-12-16(2,3)20-4)18-11-13-7-9-14(21-5)10-8-13;/h7-10H,6,11-12H2,1-5H3,(H2,17,18,19);1H. The number of benzene rings is 1. The summed E-state index contributed by atoms with van der Waals surface area (Å²) in [7, 11) is 1.72. The molecule has 1 rings (SSSR count). The van der Waals surface area contributed by atoms with E-state index >= 15 is 0 Å². The molecule has 0 amide bonds. The maximum absolute atomic E-state index is 5.41. The van der Waals surface area contributed by atoms with Gasteiger partial charge >= 0.3 is 0 Å². The van der Waals surface area contributed by atoms with Crippen molar-refractivity contribution < 1.29 is 4.74 Å². The molecule has 0 aliphatic rings. The minimum absolute atomic E-state index is 0. The number of halogens is 1. The molecule has 0 aliphatic heterocycles. The van der Waals surface area contributed by atoms with E-state index in [0.29, 0.717) is 13.1 Å². The van der Waals surface area contributed by atoms with Crippen LogP contribution in [0.5, 0.6) is 0 Å². The zero-order valence-corrected chi connectivity index (χ0v) is 17.2. The van der Waals surface area contributed by atoms with E-state index < -0.39 is 0 Å². The summed E-state index contributed by atoms with van der Waals surface area (Å²) in [6.07, 6.45) is 2.08. The molecule has 0 bridgehead atoms. The van der Waals surface area contributed by atoms with Crippen LogP contribution in [0.4, 0.5) is 0 Å². The van der Waals surface area contributed by atoms with Gasteiger partial charge in [-0.15, -0.1) is 35.7 Å². The minimum Gasteiger partial charge on any atom is -0.377 e. The van der Waals surface area contributed by atoms with Crippen LogP contribution in [0.25, 0.3) is 0 Å². The van der Waals surface area contributed by atoms with Crippen molar-refractivity contribution in [1.82, 2.24) is 10.6 Å². The summed E-state index contributed by atoms with van der Waals surface area (Å²) in [6, 6.07) is 8.50. The Balaban J connectivity index is 0.00000441. The highest BCUT2D eigenvalue weighted by atomic mass is 127. The van der Waals surface area contributed by atoms with Gasteiger partial charge in [-0.3, -0.25) is 0 Å². The van der Waals surface area contributed by atoms with Crippen molar-refractivity contribution in [1.29, 1.82) is 0 Å². The summed E-state index contributed by atoms with van der Waals surface area (Å²) in [5, 5.41) is 6.57. The average Bonchev–Trinajstić information content (AvgIpc) is 2.50. The average molecular weight is 437 g/mol. The lowest BCUT2D eigenvalue weighted by atomic mass is 10.1. The highest BCUT2D eigenvalue weighted by Gasteiger charge is 2.16. The van der Waals surface area contributed by atoms with Gasteiger partial charge in [0.05, 0.1) is 12.1 Å². The normalized spacial score (nSPS) is 11.8. The van der Waals surface area contributed by atoms with Gasteiger partial charge in [0, 0.05) is 25.1 Å². The van der Waals surface area contributed by atoms with Crippen LogP contribution < -0.4 is 10.6 Å². The molecule has 1 aromatic rings. The molecule has 0 heterocycles. The Labute approximate surface area is 155 Å². The predicted molar refractivity (Wildman–Crippen MR) is 108 cm³/mol. The molecule has 0 spiro atoms. The molecule has 0 fully saturated rings. The van der Waals surface area contributed by atoms with E-state index in [1.165, 1.54) is 10.5 Å². The van der Waals surface area contributed by atoms with E-state index in [1.807, 2.05) is 13.8 Å². The summed E-state index contributed by atoms with van der Waals surface area (Å²) in [6.45, 7) is 8.37. The smallest absolute Gasteiger partial charge is 0.191 e. The number of thioether (sulfide) groups is 1. The van der Waals surface area contributed by atoms with Gasteiger partial charge in [-0.25, -0.2) is 4.99 Å². The van der Waals surface area contributed by atoms with Crippen LogP contribution in [-0.2, 0) is 11.3 Å². The molecule has 0 aliphatic carbocycles. The summed E-state index contributed by atoms with van der Waals surface area (Å²) >= 11 is 1.75. The van der Waals surface area contributed by atoms with Gasteiger partial charge < -0.3 is 15.4 Å². The number of guanidine groups is 1. The first-order valence-corrected chi connectivity index (χ1v) is 8.43. The SMILES string of the molecule is CCNC(=NCc1ccc(SC)cc1)NCC(C)(C)OC.I. The van der Waals surface area contributed by atoms with E-state index in [2.05, 4.69) is 53.1 Å². The zero-order chi connectivity index (χ0) is 15.7. The molecule has 0 saturated heterocycles. The van der Waals surface area contributed by atoms with Crippen molar-refractivity contribution in [3.8, 4) is 0 Å². The first-order valence-electron chi connectivity index (χ1n) is 7.21. The van der Waals surface area contributed by atoms with Gasteiger partial charge in [0.1, 0.15) is 0 Å². The predicted octanol–water partition coefficient (Wildman–Crippen LogP) is 3.51. The van der Waals surface area contributed by atoms with E-state index in [4.69, 9.17) is 4.74 Å². The Morgan fingerprint density at radius 2 is 1.86 bits per heavy atom. The molecule has 0 radical (unpaired) electrons. The Hall–Kier alpha value is -0.470. The quantitative estimate of drug-likeness (QED) is 0.297. The maximum Gasteiger partial charge on any atom is 0.191 e. The van der Waals surface area contributed by atoms with Gasteiger partial charge in [0.25, 0.3) is 0 Å². The van der Waals surface area contributed by atoms with Gasteiger partial charge in [-0.05, 0) is 44.7 Å². The van der Waals surface area contributed by atoms with Crippen LogP contribution in [0.1, 0.15) is 26.3 Å². The Morgan fingerprint density at radius 1 is 1.23 bits per heavy atom. The molecular formula is C16H28IN3OS. The van der Waals surface area contributed by atoms with Crippen molar-refractivity contribution in [3.63, 3.8) is 0 Å². The lowest BCUT2D eigenvalue weighted by Crippen LogP contribution is -2.45. The number of hydrogen-bond acceptors (Lipinski definition) is 3.